The van der Waals surface area contributed by atoms with Gasteiger partial charge in [0, 0.05) is 17.3 Å². The third kappa shape index (κ3) is 2.73. The van der Waals surface area contributed by atoms with Gasteiger partial charge in [-0.15, -0.1) is 11.3 Å². The van der Waals surface area contributed by atoms with Crippen LogP contribution in [0.4, 0.5) is 0 Å². The molecule has 0 saturated heterocycles. The Kier molecular flexibility index (Phi) is 3.80. The highest BCUT2D eigenvalue weighted by molar-refractivity contribution is 7.09. The minimum atomic E-state index is 0.247. The SMILES string of the molecule is C[C@@H](NC(=O)CCc1cccs1)C12CC3CC(CC(C3)C1)C2. The van der Waals surface area contributed by atoms with E-state index in [9.17, 15) is 4.79 Å². The van der Waals surface area contributed by atoms with Crippen LogP contribution in [0.25, 0.3) is 0 Å². The van der Waals surface area contributed by atoms with E-state index in [1.807, 2.05) is 0 Å². The van der Waals surface area contributed by atoms with Crippen molar-refractivity contribution in [3.8, 4) is 0 Å². The molecule has 4 aliphatic rings. The third-order valence-corrected chi connectivity index (χ3v) is 7.50. The first-order valence-corrected chi connectivity index (χ1v) is 9.83. The minimum absolute atomic E-state index is 0.247. The Balaban J connectivity index is 1.35. The predicted octanol–water partition coefficient (Wildman–Crippen LogP) is 4.40. The topological polar surface area (TPSA) is 29.1 Å². The molecule has 0 spiro atoms. The fraction of sp³-hybridized carbons (Fsp3) is 0.737. The van der Waals surface area contributed by atoms with Gasteiger partial charge in [-0.05, 0) is 86.5 Å². The molecule has 2 nitrogen and oxygen atoms in total. The molecule has 1 heterocycles. The van der Waals surface area contributed by atoms with Gasteiger partial charge >= 0.3 is 0 Å². The molecule has 0 aliphatic heterocycles. The molecule has 1 N–H and O–H groups in total. The molecule has 1 aromatic rings. The summed E-state index contributed by atoms with van der Waals surface area (Å²) in [6.45, 7) is 2.27. The minimum Gasteiger partial charge on any atom is -0.353 e. The number of aryl methyl sites for hydroxylation is 1. The largest absolute Gasteiger partial charge is 0.353 e. The van der Waals surface area contributed by atoms with E-state index in [1.165, 1.54) is 43.4 Å². The summed E-state index contributed by atoms with van der Waals surface area (Å²) in [4.78, 5) is 13.7. The number of amides is 1. The lowest BCUT2D eigenvalue weighted by Crippen LogP contribution is -2.55. The maximum Gasteiger partial charge on any atom is 0.220 e. The Morgan fingerprint density at radius 2 is 1.91 bits per heavy atom. The van der Waals surface area contributed by atoms with Crippen LogP contribution < -0.4 is 5.32 Å². The Hall–Kier alpha value is -0.830. The van der Waals surface area contributed by atoms with Crippen molar-refractivity contribution in [2.75, 3.05) is 0 Å². The number of carbonyl (C=O) groups excluding carboxylic acids is 1. The molecule has 22 heavy (non-hydrogen) atoms. The molecule has 4 fully saturated rings. The lowest BCUT2D eigenvalue weighted by atomic mass is 9.48. The summed E-state index contributed by atoms with van der Waals surface area (Å²) in [6.07, 6.45) is 10.0. The van der Waals surface area contributed by atoms with Crippen LogP contribution >= 0.6 is 11.3 Å². The zero-order valence-electron chi connectivity index (χ0n) is 13.5. The van der Waals surface area contributed by atoms with Crippen molar-refractivity contribution < 1.29 is 4.79 Å². The van der Waals surface area contributed by atoms with E-state index in [4.69, 9.17) is 0 Å². The van der Waals surface area contributed by atoms with Crippen molar-refractivity contribution in [1.82, 2.24) is 5.32 Å². The molecule has 3 heteroatoms. The Bertz CT molecular complexity index is 500. The second-order valence-electron chi connectivity index (χ2n) is 8.15. The van der Waals surface area contributed by atoms with E-state index in [-0.39, 0.29) is 5.91 Å². The van der Waals surface area contributed by atoms with Gasteiger partial charge in [0.05, 0.1) is 0 Å². The molecular formula is C19H27NOS. The average molecular weight is 317 g/mol. The average Bonchev–Trinajstić information content (AvgIpc) is 2.97. The van der Waals surface area contributed by atoms with Gasteiger partial charge in [0.2, 0.25) is 5.91 Å². The first kappa shape index (κ1) is 14.7. The van der Waals surface area contributed by atoms with E-state index < -0.39 is 0 Å². The van der Waals surface area contributed by atoms with Crippen LogP contribution in [-0.4, -0.2) is 11.9 Å². The molecule has 0 radical (unpaired) electrons. The van der Waals surface area contributed by atoms with Crippen molar-refractivity contribution in [2.24, 2.45) is 23.2 Å². The van der Waals surface area contributed by atoms with E-state index >= 15 is 0 Å². The summed E-state index contributed by atoms with van der Waals surface area (Å²) in [5.74, 6) is 3.11. The van der Waals surface area contributed by atoms with Gasteiger partial charge in [-0.25, -0.2) is 0 Å². The van der Waals surface area contributed by atoms with Gasteiger partial charge in [-0.3, -0.25) is 4.79 Å². The van der Waals surface area contributed by atoms with Gasteiger partial charge in [0.15, 0.2) is 0 Å². The number of hydrogen-bond acceptors (Lipinski definition) is 2. The summed E-state index contributed by atoms with van der Waals surface area (Å²) in [5.41, 5.74) is 0.424. The Morgan fingerprint density at radius 3 is 2.45 bits per heavy atom. The third-order valence-electron chi connectivity index (χ3n) is 6.56. The summed E-state index contributed by atoms with van der Waals surface area (Å²) < 4.78 is 0. The van der Waals surface area contributed by atoms with Crippen molar-refractivity contribution in [3.05, 3.63) is 22.4 Å². The molecule has 4 saturated carbocycles. The second kappa shape index (κ2) is 5.67. The Labute approximate surface area is 137 Å². The van der Waals surface area contributed by atoms with Crippen LogP contribution in [0.5, 0.6) is 0 Å². The van der Waals surface area contributed by atoms with Gasteiger partial charge in [-0.2, -0.15) is 0 Å². The summed E-state index contributed by atoms with van der Waals surface area (Å²) >= 11 is 1.75. The van der Waals surface area contributed by atoms with E-state index in [0.717, 1.165) is 24.2 Å². The van der Waals surface area contributed by atoms with Crippen molar-refractivity contribution in [2.45, 2.75) is 64.3 Å². The quantitative estimate of drug-likeness (QED) is 0.856. The van der Waals surface area contributed by atoms with Gasteiger partial charge < -0.3 is 5.32 Å². The molecule has 120 valence electrons. The van der Waals surface area contributed by atoms with Gasteiger partial charge in [0.1, 0.15) is 0 Å². The molecule has 5 rings (SSSR count). The summed E-state index contributed by atoms with van der Waals surface area (Å²) in [7, 11) is 0. The number of nitrogens with one attached hydrogen (secondary N) is 1. The van der Waals surface area contributed by atoms with E-state index in [0.29, 0.717) is 17.9 Å². The maximum absolute atomic E-state index is 12.3. The van der Waals surface area contributed by atoms with Crippen LogP contribution in [0.2, 0.25) is 0 Å². The predicted molar refractivity (Wildman–Crippen MR) is 90.8 cm³/mol. The fourth-order valence-electron chi connectivity index (χ4n) is 5.87. The first-order chi connectivity index (χ1) is 10.6. The normalized spacial score (nSPS) is 37.2. The first-order valence-electron chi connectivity index (χ1n) is 8.95. The lowest BCUT2D eigenvalue weighted by molar-refractivity contribution is -0.125. The molecule has 1 amide bonds. The van der Waals surface area contributed by atoms with Crippen LogP contribution in [0, 0.1) is 23.2 Å². The second-order valence-corrected chi connectivity index (χ2v) is 9.18. The zero-order valence-corrected chi connectivity index (χ0v) is 14.3. The summed E-state index contributed by atoms with van der Waals surface area (Å²) in [5, 5.41) is 5.45. The molecular weight excluding hydrogens is 290 g/mol. The maximum atomic E-state index is 12.3. The zero-order chi connectivity index (χ0) is 15.2. The highest BCUT2D eigenvalue weighted by Gasteiger charge is 2.53. The van der Waals surface area contributed by atoms with Gasteiger partial charge in [0.25, 0.3) is 0 Å². The molecule has 1 atom stereocenters. The molecule has 0 unspecified atom stereocenters. The highest BCUT2D eigenvalue weighted by atomic mass is 32.1. The smallest absolute Gasteiger partial charge is 0.220 e. The van der Waals surface area contributed by atoms with E-state index in [1.54, 1.807) is 11.3 Å². The monoisotopic (exact) mass is 317 g/mol. The fourth-order valence-corrected chi connectivity index (χ4v) is 6.58. The molecule has 0 aromatic carbocycles. The van der Waals surface area contributed by atoms with E-state index in [2.05, 4.69) is 29.8 Å². The number of carbonyl (C=O) groups is 1. The number of rotatable bonds is 5. The van der Waals surface area contributed by atoms with Crippen LogP contribution in [0.15, 0.2) is 17.5 Å². The van der Waals surface area contributed by atoms with Crippen molar-refractivity contribution in [3.63, 3.8) is 0 Å². The lowest BCUT2D eigenvalue weighted by Gasteiger charge is -2.59. The van der Waals surface area contributed by atoms with Gasteiger partial charge in [-0.1, -0.05) is 6.07 Å². The van der Waals surface area contributed by atoms with Crippen molar-refractivity contribution >= 4 is 17.2 Å². The molecule has 4 aliphatic carbocycles. The standard InChI is InChI=1S/C19H27NOS/c1-13(20-18(21)5-4-17-3-2-6-22-17)19-10-14-7-15(11-19)9-16(8-14)12-19/h2-3,6,13-16H,4-5,7-12H2,1H3,(H,20,21)/t13-,14?,15?,16?,19?/m1/s1. The molecule has 1 aromatic heterocycles. The molecule has 4 bridgehead atoms. The van der Waals surface area contributed by atoms with Crippen molar-refractivity contribution in [1.29, 1.82) is 0 Å². The number of thiophene rings is 1. The van der Waals surface area contributed by atoms with Crippen LogP contribution in [-0.2, 0) is 11.2 Å². The highest BCUT2D eigenvalue weighted by Crippen LogP contribution is 2.61. The summed E-state index contributed by atoms with van der Waals surface area (Å²) in [6, 6.07) is 4.55. The number of hydrogen-bond donors (Lipinski definition) is 1. The van der Waals surface area contributed by atoms with Crippen LogP contribution in [0.1, 0.15) is 56.7 Å². The van der Waals surface area contributed by atoms with Crippen LogP contribution in [0.3, 0.4) is 0 Å². The Morgan fingerprint density at radius 1 is 1.27 bits per heavy atom.